The van der Waals surface area contributed by atoms with Gasteiger partial charge in [-0.05, 0) is 30.3 Å². The van der Waals surface area contributed by atoms with Gasteiger partial charge in [-0.3, -0.25) is 0 Å². The van der Waals surface area contributed by atoms with Gasteiger partial charge >= 0.3 is 0 Å². The molecule has 1 heterocycles. The number of nitrogens with zero attached hydrogens (tertiary/aromatic N) is 1. The molecular weight excluding hydrogens is 347 g/mol. The number of anilines is 1. The zero-order valence-electron chi connectivity index (χ0n) is 15.5. The highest BCUT2D eigenvalue weighted by Crippen LogP contribution is 2.45. The lowest BCUT2D eigenvalue weighted by molar-refractivity contribution is 0.358. The molecule has 1 N–H and O–H groups in total. The van der Waals surface area contributed by atoms with Crippen molar-refractivity contribution in [1.29, 1.82) is 0 Å². The second-order valence-corrected chi connectivity index (χ2v) is 5.76. The van der Waals surface area contributed by atoms with Crippen LogP contribution in [0.25, 0.3) is 21.9 Å². The Morgan fingerprint density at radius 1 is 1.04 bits per heavy atom. The molecule has 0 fully saturated rings. The molecule has 0 amide bonds. The van der Waals surface area contributed by atoms with Crippen LogP contribution in [0.5, 0.6) is 17.2 Å². The fraction of sp³-hybridized carbons (Fsp3) is 0.190. The van der Waals surface area contributed by atoms with Crippen molar-refractivity contribution < 1.29 is 18.6 Å². The number of hydrogen-bond acceptors (Lipinski definition) is 5. The highest BCUT2D eigenvalue weighted by Gasteiger charge is 2.19. The molecule has 0 bridgehead atoms. The van der Waals surface area contributed by atoms with Crippen LogP contribution in [0.2, 0.25) is 0 Å². The molecule has 0 saturated carbocycles. The van der Waals surface area contributed by atoms with Gasteiger partial charge in [0.25, 0.3) is 0 Å². The van der Waals surface area contributed by atoms with Gasteiger partial charge in [0, 0.05) is 34.6 Å². The van der Waals surface area contributed by atoms with Crippen molar-refractivity contribution >= 4 is 16.6 Å². The van der Waals surface area contributed by atoms with Crippen LogP contribution < -0.4 is 19.5 Å². The van der Waals surface area contributed by atoms with Gasteiger partial charge in [-0.2, -0.15) is 0 Å². The normalized spacial score (nSPS) is 10.5. The van der Waals surface area contributed by atoms with Gasteiger partial charge in [0.1, 0.15) is 17.4 Å². The predicted molar refractivity (Wildman–Crippen MR) is 105 cm³/mol. The molecule has 140 valence electrons. The summed E-state index contributed by atoms with van der Waals surface area (Å²) in [7, 11) is 4.69. The van der Waals surface area contributed by atoms with Crippen LogP contribution in [0.1, 0.15) is 0 Å². The Balaban J connectivity index is 2.40. The molecule has 0 radical (unpaired) electrons. The maximum absolute atomic E-state index is 14.0. The number of pyridine rings is 1. The highest BCUT2D eigenvalue weighted by atomic mass is 19.1. The Bertz CT molecular complexity index is 989. The van der Waals surface area contributed by atoms with E-state index < -0.39 is 0 Å². The van der Waals surface area contributed by atoms with Crippen molar-refractivity contribution in [2.45, 2.75) is 0 Å². The average molecular weight is 368 g/mol. The number of halogens is 1. The molecule has 6 heteroatoms. The molecule has 2 aromatic carbocycles. The van der Waals surface area contributed by atoms with E-state index in [1.165, 1.54) is 12.1 Å². The Morgan fingerprint density at radius 2 is 1.78 bits per heavy atom. The number of hydrogen-bond donors (Lipinski definition) is 1. The average Bonchev–Trinajstić information content (AvgIpc) is 2.70. The molecule has 0 unspecified atom stereocenters. The van der Waals surface area contributed by atoms with Gasteiger partial charge in [-0.15, -0.1) is 6.58 Å². The summed E-state index contributed by atoms with van der Waals surface area (Å²) in [4.78, 5) is 4.52. The number of fused-ring (bicyclic) bond motifs is 1. The Hall–Kier alpha value is -3.28. The SMILES string of the molecule is C=CCNc1ncc(-c2cc(F)ccc2OC)c2c(OC)c(OC)ccc12. The smallest absolute Gasteiger partial charge is 0.169 e. The molecule has 5 nitrogen and oxygen atoms in total. The third-order valence-corrected chi connectivity index (χ3v) is 4.26. The summed E-state index contributed by atoms with van der Waals surface area (Å²) >= 11 is 0. The number of ether oxygens (including phenoxy) is 3. The summed E-state index contributed by atoms with van der Waals surface area (Å²) in [5, 5.41) is 4.78. The van der Waals surface area contributed by atoms with Crippen molar-refractivity contribution in [3.8, 4) is 28.4 Å². The molecule has 3 aromatic rings. The van der Waals surface area contributed by atoms with Crippen molar-refractivity contribution in [2.24, 2.45) is 0 Å². The minimum atomic E-state index is -0.366. The van der Waals surface area contributed by atoms with E-state index in [0.29, 0.717) is 40.7 Å². The second-order valence-electron chi connectivity index (χ2n) is 5.76. The zero-order valence-corrected chi connectivity index (χ0v) is 15.5. The molecule has 0 aliphatic heterocycles. The van der Waals surface area contributed by atoms with Crippen LogP contribution in [0.3, 0.4) is 0 Å². The minimum absolute atomic E-state index is 0.366. The summed E-state index contributed by atoms with van der Waals surface area (Å²) in [6, 6.07) is 8.08. The zero-order chi connectivity index (χ0) is 19.4. The van der Waals surface area contributed by atoms with Gasteiger partial charge in [0.05, 0.1) is 21.3 Å². The third kappa shape index (κ3) is 3.38. The van der Waals surface area contributed by atoms with Crippen LogP contribution in [-0.4, -0.2) is 32.9 Å². The first-order valence-corrected chi connectivity index (χ1v) is 8.37. The molecule has 0 aliphatic carbocycles. The highest BCUT2D eigenvalue weighted by molar-refractivity contribution is 6.07. The van der Waals surface area contributed by atoms with Crippen LogP contribution in [0, 0.1) is 5.82 Å². The van der Waals surface area contributed by atoms with Gasteiger partial charge in [0.15, 0.2) is 11.5 Å². The van der Waals surface area contributed by atoms with Crippen LogP contribution in [0.4, 0.5) is 10.2 Å². The van der Waals surface area contributed by atoms with Gasteiger partial charge in [0.2, 0.25) is 0 Å². The number of aromatic nitrogens is 1. The van der Waals surface area contributed by atoms with Crippen molar-refractivity contribution in [3.05, 3.63) is 55.0 Å². The lowest BCUT2D eigenvalue weighted by atomic mass is 9.98. The maximum Gasteiger partial charge on any atom is 0.169 e. The van der Waals surface area contributed by atoms with Crippen molar-refractivity contribution in [2.75, 3.05) is 33.2 Å². The molecule has 0 spiro atoms. The fourth-order valence-electron chi connectivity index (χ4n) is 3.06. The third-order valence-electron chi connectivity index (χ3n) is 4.26. The van der Waals surface area contributed by atoms with Crippen LogP contribution >= 0.6 is 0 Å². The van der Waals surface area contributed by atoms with E-state index >= 15 is 0 Å². The Morgan fingerprint density at radius 3 is 2.44 bits per heavy atom. The summed E-state index contributed by atoms with van der Waals surface area (Å²) in [6.45, 7) is 4.28. The van der Waals surface area contributed by atoms with Crippen molar-refractivity contribution in [3.63, 3.8) is 0 Å². The maximum atomic E-state index is 14.0. The van der Waals surface area contributed by atoms with Crippen molar-refractivity contribution in [1.82, 2.24) is 4.98 Å². The molecule has 0 atom stereocenters. The topological polar surface area (TPSA) is 52.6 Å². The quantitative estimate of drug-likeness (QED) is 0.615. The molecule has 1 aromatic heterocycles. The predicted octanol–water partition coefficient (Wildman–Crippen LogP) is 4.66. The van der Waals surface area contributed by atoms with Gasteiger partial charge in [-0.1, -0.05) is 6.08 Å². The molecule has 27 heavy (non-hydrogen) atoms. The lowest BCUT2D eigenvalue weighted by Gasteiger charge is -2.18. The first kappa shape index (κ1) is 18.5. The molecule has 0 aliphatic rings. The van der Waals surface area contributed by atoms with E-state index in [9.17, 15) is 4.39 Å². The Labute approximate surface area is 157 Å². The van der Waals surface area contributed by atoms with Crippen LogP contribution in [-0.2, 0) is 0 Å². The lowest BCUT2D eigenvalue weighted by Crippen LogP contribution is -2.03. The first-order valence-electron chi connectivity index (χ1n) is 8.37. The van der Waals surface area contributed by atoms with E-state index in [0.717, 1.165) is 10.8 Å². The van der Waals surface area contributed by atoms with E-state index in [1.54, 1.807) is 39.7 Å². The van der Waals surface area contributed by atoms with Crippen LogP contribution in [0.15, 0.2) is 49.2 Å². The molecule has 3 rings (SSSR count). The fourth-order valence-corrected chi connectivity index (χ4v) is 3.06. The summed E-state index contributed by atoms with van der Waals surface area (Å²) in [5.41, 5.74) is 1.26. The van der Waals surface area contributed by atoms with Gasteiger partial charge in [-0.25, -0.2) is 9.37 Å². The first-order chi connectivity index (χ1) is 13.1. The van der Waals surface area contributed by atoms with E-state index in [1.807, 2.05) is 12.1 Å². The standard InChI is InChI=1S/C21H21FN2O3/c1-5-10-23-21-14-7-9-18(26-3)20(27-4)19(14)16(12-24-21)15-11-13(22)6-8-17(15)25-2/h5-9,11-12H,1,10H2,2-4H3,(H,23,24). The van der Waals surface area contributed by atoms with E-state index in [2.05, 4.69) is 16.9 Å². The van der Waals surface area contributed by atoms with E-state index in [4.69, 9.17) is 14.2 Å². The Kier molecular flexibility index (Phi) is 5.45. The molecular formula is C21H21FN2O3. The van der Waals surface area contributed by atoms with E-state index in [-0.39, 0.29) is 5.82 Å². The number of rotatable bonds is 7. The largest absolute Gasteiger partial charge is 0.496 e. The van der Waals surface area contributed by atoms with Gasteiger partial charge < -0.3 is 19.5 Å². The minimum Gasteiger partial charge on any atom is -0.496 e. The summed E-state index contributed by atoms with van der Waals surface area (Å²) in [6.07, 6.45) is 3.42. The number of nitrogens with one attached hydrogen (secondary N) is 1. The second kappa shape index (κ2) is 7.95. The summed E-state index contributed by atoms with van der Waals surface area (Å²) in [5.74, 6) is 1.96. The monoisotopic (exact) mass is 368 g/mol. The summed E-state index contributed by atoms with van der Waals surface area (Å²) < 4.78 is 30.5. The number of benzene rings is 2. The number of methoxy groups -OCH3 is 3. The molecule has 0 saturated heterocycles.